The van der Waals surface area contributed by atoms with Gasteiger partial charge in [0.1, 0.15) is 5.69 Å². The Balaban J connectivity index is 0.000000249. The summed E-state index contributed by atoms with van der Waals surface area (Å²) >= 11 is 1.76. The van der Waals surface area contributed by atoms with E-state index in [0.29, 0.717) is 0 Å². The molecule has 0 spiro atoms. The van der Waals surface area contributed by atoms with Gasteiger partial charge in [0.05, 0.1) is 11.6 Å². The van der Waals surface area contributed by atoms with Crippen LogP contribution in [0.4, 0.5) is 0 Å². The number of halogens is 1. The van der Waals surface area contributed by atoms with E-state index in [9.17, 15) is 0 Å². The van der Waals surface area contributed by atoms with Crippen molar-refractivity contribution in [3.05, 3.63) is 28.7 Å². The second-order valence-corrected chi connectivity index (χ2v) is 4.99. The predicted octanol–water partition coefficient (Wildman–Crippen LogP) is -2.95. The molecule has 0 radical (unpaired) electrons. The molecule has 0 aliphatic carbocycles. The van der Waals surface area contributed by atoms with Gasteiger partial charge < -0.3 is 0 Å². The van der Waals surface area contributed by atoms with Crippen LogP contribution in [0.5, 0.6) is 0 Å². The first-order valence-corrected chi connectivity index (χ1v) is 6.65. The van der Waals surface area contributed by atoms with Gasteiger partial charge in [-0.2, -0.15) is 0 Å². The molecule has 8 heteroatoms. The molecular weight excluding hydrogens is 268 g/mol. The van der Waals surface area contributed by atoms with Crippen LogP contribution in [0.3, 0.4) is 0 Å². The van der Waals surface area contributed by atoms with Crippen LogP contribution in [-0.4, -0.2) is 4.98 Å². The monoisotopic (exact) mass is 278 g/mol. The van der Waals surface area contributed by atoms with E-state index in [0.717, 1.165) is 5.69 Å². The first kappa shape index (κ1) is 14.2. The third kappa shape index (κ3) is 4.15. The van der Waals surface area contributed by atoms with E-state index < -0.39 is 10.2 Å². The first-order valence-electron chi connectivity index (χ1n) is 4.54. The molecule has 0 aliphatic rings. The second kappa shape index (κ2) is 5.21. The van der Waals surface area contributed by atoms with Gasteiger partial charge in [0.15, 0.2) is 5.69 Å². The van der Waals surface area contributed by atoms with Gasteiger partial charge in [-0.1, -0.05) is 11.3 Å². The van der Waals surface area contributed by atoms with Gasteiger partial charge in [-0.3, -0.25) is 0 Å². The summed E-state index contributed by atoms with van der Waals surface area (Å²) in [5.74, 6) is 0. The largest absolute Gasteiger partial charge is 0.289 e. The fourth-order valence-electron chi connectivity index (χ4n) is 1.40. The Morgan fingerprint density at radius 1 is 1.12 bits per heavy atom. The smallest absolute Gasteiger partial charge is 0.247 e. The molecule has 2 heterocycles. The Labute approximate surface area is 104 Å². The van der Waals surface area contributed by atoms with Crippen molar-refractivity contribution in [2.75, 3.05) is 0 Å². The molecule has 0 unspecified atom stereocenters. The molecule has 0 fully saturated rings. The number of aryl methyl sites for hydroxylation is 3. The molecule has 0 saturated carbocycles. The van der Waals surface area contributed by atoms with Crippen molar-refractivity contribution in [1.82, 2.24) is 4.98 Å². The predicted molar refractivity (Wildman–Crippen MR) is 49.5 cm³/mol. The summed E-state index contributed by atoms with van der Waals surface area (Å²) in [6.07, 6.45) is 1.92. The van der Waals surface area contributed by atoms with Crippen LogP contribution < -0.4 is 23.0 Å². The third-order valence-corrected chi connectivity index (χ3v) is 3.16. The topological polar surface area (TPSA) is 109 Å². The molecule has 17 heavy (non-hydrogen) atoms. The highest BCUT2D eigenvalue weighted by Crippen LogP contribution is 2.12. The van der Waals surface area contributed by atoms with Crippen molar-refractivity contribution >= 4 is 16.2 Å². The summed E-state index contributed by atoms with van der Waals surface area (Å²) in [5, 5.41) is 2.16. The minimum absolute atomic E-state index is 1.11. The van der Waals surface area contributed by atoms with E-state index in [-0.39, 0.29) is 0 Å². The summed E-state index contributed by atoms with van der Waals surface area (Å²) in [5.41, 5.74) is 3.60. The standard InChI is InChI=1S/C9H11N2S.ClHO4/c1-6-4-10-8(3)9-11(6)7(2)5-12-9;2-1(3,4)5/h4-5H,1-3H3;(H,2,3,4,5)/q+1;/p-1. The van der Waals surface area contributed by atoms with Crippen LogP contribution in [-0.2, 0) is 0 Å². The number of rotatable bonds is 0. The highest BCUT2D eigenvalue weighted by Gasteiger charge is 2.14. The fourth-order valence-corrected chi connectivity index (χ4v) is 2.40. The highest BCUT2D eigenvalue weighted by atomic mass is 35.7. The zero-order chi connectivity index (χ0) is 13.2. The van der Waals surface area contributed by atoms with Gasteiger partial charge in [-0.15, -0.1) is 14.6 Å². The van der Waals surface area contributed by atoms with Gasteiger partial charge >= 0.3 is 0 Å². The van der Waals surface area contributed by atoms with Crippen molar-refractivity contribution < 1.29 is 33.3 Å². The average molecular weight is 279 g/mol. The molecule has 0 aliphatic heterocycles. The molecule has 0 atom stereocenters. The Kier molecular flexibility index (Phi) is 4.36. The van der Waals surface area contributed by atoms with E-state index >= 15 is 0 Å². The summed E-state index contributed by atoms with van der Waals surface area (Å²) in [6.45, 7) is 6.25. The van der Waals surface area contributed by atoms with Crippen LogP contribution in [0.1, 0.15) is 17.1 Å². The van der Waals surface area contributed by atoms with Crippen molar-refractivity contribution in [3.63, 3.8) is 0 Å². The SMILES string of the molecule is Cc1ncc(C)[n+]2c(C)csc12.[O-][Cl+3]([O-])([O-])[O-]. The summed E-state index contributed by atoms with van der Waals surface area (Å²) in [4.78, 5) is 5.57. The van der Waals surface area contributed by atoms with Gasteiger partial charge in [0, 0.05) is 13.8 Å². The molecule has 94 valence electrons. The van der Waals surface area contributed by atoms with E-state index in [1.807, 2.05) is 13.1 Å². The minimum atomic E-state index is -4.94. The zero-order valence-electron chi connectivity index (χ0n) is 9.47. The van der Waals surface area contributed by atoms with E-state index in [2.05, 4.69) is 28.6 Å². The van der Waals surface area contributed by atoms with Gasteiger partial charge in [0.2, 0.25) is 5.69 Å². The number of nitrogens with zero attached hydrogens (tertiary/aromatic N) is 2. The first-order chi connectivity index (χ1) is 7.70. The Morgan fingerprint density at radius 3 is 2.12 bits per heavy atom. The molecule has 0 N–H and O–H groups in total. The minimum Gasteiger partial charge on any atom is -0.247 e. The third-order valence-electron chi connectivity index (χ3n) is 2.00. The number of hydrogen-bond donors (Lipinski definition) is 0. The molecule has 6 nitrogen and oxygen atoms in total. The van der Waals surface area contributed by atoms with Gasteiger partial charge in [0.25, 0.3) is 4.83 Å². The number of thiazole rings is 1. The molecule has 0 saturated heterocycles. The fraction of sp³-hybridized carbons (Fsp3) is 0.333. The lowest BCUT2D eigenvalue weighted by Crippen LogP contribution is -2.68. The molecule has 0 bridgehead atoms. The van der Waals surface area contributed by atoms with Crippen molar-refractivity contribution in [1.29, 1.82) is 0 Å². The Bertz CT molecular complexity index is 517. The van der Waals surface area contributed by atoms with Crippen LogP contribution in [0, 0.1) is 31.0 Å². The lowest BCUT2D eigenvalue weighted by molar-refractivity contribution is -2.00. The number of hydrogen-bond acceptors (Lipinski definition) is 6. The molecule has 2 aromatic rings. The van der Waals surface area contributed by atoms with Crippen LogP contribution >= 0.6 is 11.3 Å². The quantitative estimate of drug-likeness (QED) is 0.479. The maximum absolute atomic E-state index is 8.49. The Morgan fingerprint density at radius 2 is 1.65 bits per heavy atom. The van der Waals surface area contributed by atoms with Crippen LogP contribution in [0.25, 0.3) is 4.83 Å². The lowest BCUT2D eigenvalue weighted by Gasteiger charge is -2.17. The maximum Gasteiger partial charge on any atom is 0.289 e. The summed E-state index contributed by atoms with van der Waals surface area (Å²) < 4.78 is 36.2. The van der Waals surface area contributed by atoms with E-state index in [1.165, 1.54) is 16.2 Å². The van der Waals surface area contributed by atoms with E-state index in [1.54, 1.807) is 11.3 Å². The number of fused-ring (bicyclic) bond motifs is 1. The molecule has 2 rings (SSSR count). The molecule has 0 amide bonds. The van der Waals surface area contributed by atoms with Crippen molar-refractivity contribution in [3.8, 4) is 0 Å². The Hall–Kier alpha value is -0.830. The summed E-state index contributed by atoms with van der Waals surface area (Å²) in [7, 11) is -4.94. The van der Waals surface area contributed by atoms with Crippen molar-refractivity contribution in [2.24, 2.45) is 0 Å². The normalized spacial score (nSPS) is 11.2. The molecule has 2 aromatic heterocycles. The molecule has 0 aromatic carbocycles. The lowest BCUT2D eigenvalue weighted by atomic mass is 10.4. The molecular formula is C9H11ClN2O4S. The maximum atomic E-state index is 8.49. The van der Waals surface area contributed by atoms with Gasteiger partial charge in [-0.25, -0.2) is 23.6 Å². The van der Waals surface area contributed by atoms with Crippen LogP contribution in [0.15, 0.2) is 11.6 Å². The average Bonchev–Trinajstić information content (AvgIpc) is 2.53. The summed E-state index contributed by atoms with van der Waals surface area (Å²) in [6, 6.07) is 0. The van der Waals surface area contributed by atoms with E-state index in [4.69, 9.17) is 18.6 Å². The van der Waals surface area contributed by atoms with Crippen LogP contribution in [0.2, 0.25) is 0 Å². The highest BCUT2D eigenvalue weighted by molar-refractivity contribution is 7.15. The van der Waals surface area contributed by atoms with Crippen molar-refractivity contribution in [2.45, 2.75) is 20.8 Å². The van der Waals surface area contributed by atoms with Gasteiger partial charge in [-0.05, 0) is 6.92 Å². The zero-order valence-corrected chi connectivity index (χ0v) is 11.0. The number of aromatic nitrogens is 2. The second-order valence-electron chi connectivity index (χ2n) is 3.38.